The molecule has 2 heterocycles. The van der Waals surface area contributed by atoms with Gasteiger partial charge in [0, 0.05) is 24.0 Å². The number of amides is 4. The summed E-state index contributed by atoms with van der Waals surface area (Å²) in [5.41, 5.74) is 0.990. The van der Waals surface area contributed by atoms with E-state index in [2.05, 4.69) is 27.7 Å². The van der Waals surface area contributed by atoms with Crippen molar-refractivity contribution in [3.05, 3.63) is 24.3 Å². The van der Waals surface area contributed by atoms with Crippen molar-refractivity contribution in [1.82, 2.24) is 10.2 Å². The van der Waals surface area contributed by atoms with Crippen LogP contribution in [0.2, 0.25) is 0 Å². The topological polar surface area (TPSA) is 81.8 Å². The van der Waals surface area contributed by atoms with E-state index >= 15 is 0 Å². The van der Waals surface area contributed by atoms with Gasteiger partial charge in [0.25, 0.3) is 5.91 Å². The lowest BCUT2D eigenvalue weighted by molar-refractivity contribution is -0.146. The van der Waals surface area contributed by atoms with Crippen LogP contribution in [0.15, 0.2) is 24.3 Å². The summed E-state index contributed by atoms with van der Waals surface area (Å²) in [7, 11) is 0. The van der Waals surface area contributed by atoms with Crippen LogP contribution in [0.1, 0.15) is 51.4 Å². The van der Waals surface area contributed by atoms with Gasteiger partial charge in [0.05, 0.1) is 0 Å². The molecule has 2 atom stereocenters. The number of urea groups is 1. The number of hydrogen-bond acceptors (Lipinski definition) is 4. The van der Waals surface area contributed by atoms with Crippen LogP contribution < -0.4 is 15.5 Å². The lowest BCUT2D eigenvalue weighted by Crippen LogP contribution is -2.69. The molecule has 0 unspecified atom stereocenters. The smallest absolute Gasteiger partial charge is 0.323 e. The Morgan fingerprint density at radius 2 is 1.83 bits per heavy atom. The summed E-state index contributed by atoms with van der Waals surface area (Å²) in [4.78, 5) is 41.6. The summed E-state index contributed by atoms with van der Waals surface area (Å²) in [6.07, 6.45) is 7.96. The maximum absolute atomic E-state index is 13.0. The number of nitrogens with zero attached hydrogens (tertiary/aromatic N) is 2. The van der Waals surface area contributed by atoms with Crippen molar-refractivity contribution in [1.29, 1.82) is 0 Å². The Kier molecular flexibility index (Phi) is 4.48. The van der Waals surface area contributed by atoms with Crippen LogP contribution in [-0.2, 0) is 9.59 Å². The summed E-state index contributed by atoms with van der Waals surface area (Å²) in [5, 5.41) is 5.35. The Labute approximate surface area is 170 Å². The van der Waals surface area contributed by atoms with E-state index in [1.807, 2.05) is 12.1 Å². The number of rotatable bonds is 2. The average molecular weight is 396 g/mol. The maximum Gasteiger partial charge on any atom is 0.323 e. The zero-order valence-corrected chi connectivity index (χ0v) is 16.7. The van der Waals surface area contributed by atoms with Gasteiger partial charge >= 0.3 is 6.03 Å². The fourth-order valence-electron chi connectivity index (χ4n) is 5.77. The number of fused-ring (bicyclic) bond motifs is 2. The van der Waals surface area contributed by atoms with E-state index in [9.17, 15) is 14.4 Å². The highest BCUT2D eigenvalue weighted by molar-refractivity contribution is 6.08. The van der Waals surface area contributed by atoms with Gasteiger partial charge < -0.3 is 15.1 Å². The third-order valence-electron chi connectivity index (χ3n) is 7.28. The van der Waals surface area contributed by atoms with Gasteiger partial charge in [-0.25, -0.2) is 4.79 Å². The molecule has 2 bridgehead atoms. The third kappa shape index (κ3) is 3.16. The zero-order valence-electron chi connectivity index (χ0n) is 16.7. The van der Waals surface area contributed by atoms with Crippen molar-refractivity contribution >= 4 is 29.2 Å². The molecule has 2 N–H and O–H groups in total. The predicted octanol–water partition coefficient (Wildman–Crippen LogP) is 2.87. The van der Waals surface area contributed by atoms with Crippen LogP contribution in [0, 0.1) is 5.92 Å². The molecule has 1 aromatic rings. The summed E-state index contributed by atoms with van der Waals surface area (Å²) in [5.74, 6) is 0.0812. The van der Waals surface area contributed by atoms with E-state index in [-0.39, 0.29) is 18.5 Å². The van der Waals surface area contributed by atoms with Crippen LogP contribution in [0.5, 0.6) is 0 Å². The van der Waals surface area contributed by atoms with Crippen molar-refractivity contribution in [2.24, 2.45) is 5.92 Å². The number of piperazine rings is 1. The number of piperidine rings is 1. The minimum atomic E-state index is -0.898. The van der Waals surface area contributed by atoms with Crippen LogP contribution in [0.3, 0.4) is 0 Å². The van der Waals surface area contributed by atoms with E-state index in [0.29, 0.717) is 24.6 Å². The number of carbonyl (C=O) groups is 3. The van der Waals surface area contributed by atoms with Gasteiger partial charge in [-0.1, -0.05) is 19.3 Å². The predicted molar refractivity (Wildman–Crippen MR) is 110 cm³/mol. The fourth-order valence-corrected chi connectivity index (χ4v) is 5.77. The molecule has 0 aromatic heterocycles. The number of nitrogens with one attached hydrogen (secondary N) is 2. The summed E-state index contributed by atoms with van der Waals surface area (Å²) < 4.78 is 0. The van der Waals surface area contributed by atoms with Gasteiger partial charge in [-0.15, -0.1) is 0 Å². The minimum Gasteiger partial charge on any atom is -0.368 e. The highest BCUT2D eigenvalue weighted by Crippen LogP contribution is 2.40. The second-order valence-electron chi connectivity index (χ2n) is 9.02. The van der Waals surface area contributed by atoms with Crippen molar-refractivity contribution in [3.63, 3.8) is 0 Å². The molecule has 4 aliphatic rings. The lowest BCUT2D eigenvalue weighted by Gasteiger charge is -2.46. The highest BCUT2D eigenvalue weighted by Gasteiger charge is 2.51. The first-order valence-corrected chi connectivity index (χ1v) is 10.8. The molecule has 1 spiro atoms. The zero-order chi connectivity index (χ0) is 20.0. The van der Waals surface area contributed by atoms with Crippen LogP contribution in [-0.4, -0.2) is 47.4 Å². The van der Waals surface area contributed by atoms with Crippen molar-refractivity contribution in [2.45, 2.75) is 62.9 Å². The Hall–Kier alpha value is -2.57. The third-order valence-corrected chi connectivity index (χ3v) is 7.28. The molecule has 7 heteroatoms. The summed E-state index contributed by atoms with van der Waals surface area (Å²) in [6.45, 7) is 1.05. The highest BCUT2D eigenvalue weighted by atomic mass is 16.2. The van der Waals surface area contributed by atoms with Crippen molar-refractivity contribution < 1.29 is 14.4 Å². The monoisotopic (exact) mass is 396 g/mol. The molecule has 7 nitrogen and oxygen atoms in total. The molecular formula is C22H28N4O3. The van der Waals surface area contributed by atoms with Gasteiger partial charge in [-0.2, -0.15) is 0 Å². The first-order chi connectivity index (χ1) is 14.0. The Morgan fingerprint density at radius 1 is 1.07 bits per heavy atom. The first-order valence-electron chi connectivity index (χ1n) is 10.8. The molecule has 2 saturated carbocycles. The lowest BCUT2D eigenvalue weighted by atomic mass is 9.78. The van der Waals surface area contributed by atoms with Crippen LogP contribution in [0.25, 0.3) is 0 Å². The largest absolute Gasteiger partial charge is 0.368 e. The Bertz CT molecular complexity index is 831. The van der Waals surface area contributed by atoms with E-state index < -0.39 is 11.4 Å². The summed E-state index contributed by atoms with van der Waals surface area (Å²) in [6, 6.07) is 8.23. The van der Waals surface area contributed by atoms with Crippen LogP contribution >= 0.6 is 0 Å². The molecule has 5 rings (SSSR count). The van der Waals surface area contributed by atoms with Gasteiger partial charge in [-0.3, -0.25) is 14.9 Å². The molecule has 2 saturated heterocycles. The molecule has 29 heavy (non-hydrogen) atoms. The Balaban J connectivity index is 1.31. The second-order valence-corrected chi connectivity index (χ2v) is 9.02. The number of benzene rings is 1. The molecule has 154 valence electrons. The Morgan fingerprint density at radius 3 is 2.48 bits per heavy atom. The van der Waals surface area contributed by atoms with E-state index in [1.165, 1.54) is 29.8 Å². The standard InChI is InChI=1S/C22H28N4O3/c27-19-14-26(22(20(28)24-19)10-2-1-3-11-22)21(29)23-16-5-8-17(9-6-16)25-13-15-4-7-18(25)12-15/h5-6,8-9,15,18H,1-4,7,10-14H2,(H,23,29)(H,24,27,28)/t15-,18-/m0/s1. The van der Waals surface area contributed by atoms with Crippen LogP contribution in [0.4, 0.5) is 16.2 Å². The molecule has 4 fully saturated rings. The molecular weight excluding hydrogens is 368 g/mol. The molecule has 2 aliphatic heterocycles. The molecule has 0 radical (unpaired) electrons. The molecule has 2 aliphatic carbocycles. The fraction of sp³-hybridized carbons (Fsp3) is 0.591. The minimum absolute atomic E-state index is 0.0769. The summed E-state index contributed by atoms with van der Waals surface area (Å²) >= 11 is 0. The average Bonchev–Trinajstić information content (AvgIpc) is 3.36. The quantitative estimate of drug-likeness (QED) is 0.753. The van der Waals surface area contributed by atoms with Gasteiger partial charge in [0.1, 0.15) is 12.1 Å². The van der Waals surface area contributed by atoms with Crippen molar-refractivity contribution in [3.8, 4) is 0 Å². The van der Waals surface area contributed by atoms with Gasteiger partial charge in [0.2, 0.25) is 5.91 Å². The van der Waals surface area contributed by atoms with Gasteiger partial charge in [0.15, 0.2) is 0 Å². The normalized spacial score (nSPS) is 28.0. The number of anilines is 2. The second kappa shape index (κ2) is 7.04. The number of carbonyl (C=O) groups excluding carboxylic acids is 3. The van der Waals surface area contributed by atoms with Crippen molar-refractivity contribution in [2.75, 3.05) is 23.3 Å². The molecule has 1 aromatic carbocycles. The number of hydrogen-bond donors (Lipinski definition) is 2. The number of imide groups is 1. The van der Waals surface area contributed by atoms with Gasteiger partial charge in [-0.05, 0) is 62.3 Å². The first kappa shape index (κ1) is 18.5. The molecule has 4 amide bonds. The van der Waals surface area contributed by atoms with E-state index in [1.54, 1.807) is 0 Å². The maximum atomic E-state index is 13.0. The SMILES string of the molecule is O=C1CN(C(=O)Nc2ccc(N3C[C@H]4CC[C@H]3C4)cc2)C2(CCCCC2)C(=O)N1. The van der Waals surface area contributed by atoms with E-state index in [4.69, 9.17) is 0 Å². The van der Waals surface area contributed by atoms with E-state index in [0.717, 1.165) is 31.7 Å².